The first-order valence-corrected chi connectivity index (χ1v) is 4.55. The molecule has 1 aromatic rings. The molecule has 0 unspecified atom stereocenters. The fourth-order valence-corrected chi connectivity index (χ4v) is 1.90. The molecule has 1 aliphatic rings. The minimum Gasteiger partial charge on any atom is -0.476 e. The van der Waals surface area contributed by atoms with Gasteiger partial charge in [0.25, 0.3) is 0 Å². The molecule has 1 aliphatic heterocycles. The Morgan fingerprint density at radius 2 is 2.46 bits per heavy atom. The van der Waals surface area contributed by atoms with Gasteiger partial charge in [-0.25, -0.2) is 9.78 Å². The topological polar surface area (TPSA) is 55.1 Å². The van der Waals surface area contributed by atoms with E-state index in [-0.39, 0.29) is 5.69 Å². The Morgan fingerprint density at radius 3 is 3.08 bits per heavy atom. The third kappa shape index (κ3) is 1.13. The Bertz CT molecular complexity index is 355. The number of fused-ring (bicyclic) bond motifs is 1. The zero-order chi connectivity index (χ0) is 9.42. The summed E-state index contributed by atoms with van der Waals surface area (Å²) in [4.78, 5) is 14.9. The van der Waals surface area contributed by atoms with Crippen LogP contribution in [0.5, 0.6) is 0 Å². The van der Waals surface area contributed by atoms with Crippen molar-refractivity contribution in [2.75, 3.05) is 0 Å². The van der Waals surface area contributed by atoms with Crippen LogP contribution in [0.3, 0.4) is 0 Å². The lowest BCUT2D eigenvalue weighted by molar-refractivity contribution is 0.0689. The summed E-state index contributed by atoms with van der Waals surface area (Å²) < 4.78 is 2.05. The molecule has 0 saturated heterocycles. The van der Waals surface area contributed by atoms with Crippen LogP contribution in [0.1, 0.15) is 35.4 Å². The van der Waals surface area contributed by atoms with E-state index in [0.29, 0.717) is 0 Å². The van der Waals surface area contributed by atoms with E-state index in [9.17, 15) is 4.79 Å². The highest BCUT2D eigenvalue weighted by atomic mass is 16.4. The van der Waals surface area contributed by atoms with E-state index >= 15 is 0 Å². The number of nitrogens with zero attached hydrogens (tertiary/aromatic N) is 2. The second-order valence-corrected chi connectivity index (χ2v) is 3.24. The van der Waals surface area contributed by atoms with Crippen molar-refractivity contribution in [2.24, 2.45) is 0 Å². The number of aryl methyl sites for hydroxylation is 1. The molecule has 0 atom stereocenters. The van der Waals surface area contributed by atoms with Gasteiger partial charge in [-0.2, -0.15) is 0 Å². The first-order valence-electron chi connectivity index (χ1n) is 4.55. The van der Waals surface area contributed by atoms with Crippen molar-refractivity contribution in [1.82, 2.24) is 9.55 Å². The molecule has 1 aromatic heterocycles. The summed E-state index contributed by atoms with van der Waals surface area (Å²) in [7, 11) is 0. The van der Waals surface area contributed by atoms with Crippen molar-refractivity contribution in [1.29, 1.82) is 0 Å². The molecule has 4 nitrogen and oxygen atoms in total. The van der Waals surface area contributed by atoms with E-state index < -0.39 is 5.97 Å². The monoisotopic (exact) mass is 180 g/mol. The van der Waals surface area contributed by atoms with Crippen LogP contribution in [-0.2, 0) is 19.4 Å². The number of hydrogen-bond acceptors (Lipinski definition) is 2. The van der Waals surface area contributed by atoms with Gasteiger partial charge in [-0.3, -0.25) is 0 Å². The fourth-order valence-electron chi connectivity index (χ4n) is 1.90. The number of aromatic carboxylic acids is 1. The molecule has 70 valence electrons. The minimum atomic E-state index is -0.898. The number of hydrogen-bond donors (Lipinski definition) is 1. The Labute approximate surface area is 76.2 Å². The first kappa shape index (κ1) is 8.29. The summed E-state index contributed by atoms with van der Waals surface area (Å²) >= 11 is 0. The van der Waals surface area contributed by atoms with Crippen molar-refractivity contribution in [3.8, 4) is 0 Å². The fraction of sp³-hybridized carbons (Fsp3) is 0.556. The summed E-state index contributed by atoms with van der Waals surface area (Å²) in [6, 6.07) is 0. The molecule has 13 heavy (non-hydrogen) atoms. The van der Waals surface area contributed by atoms with E-state index in [1.54, 1.807) is 0 Å². The summed E-state index contributed by atoms with van der Waals surface area (Å²) in [6.07, 6.45) is 2.71. The van der Waals surface area contributed by atoms with Gasteiger partial charge in [0.1, 0.15) is 5.82 Å². The Morgan fingerprint density at radius 1 is 1.69 bits per heavy atom. The largest absolute Gasteiger partial charge is 0.476 e. The van der Waals surface area contributed by atoms with Crippen molar-refractivity contribution < 1.29 is 9.90 Å². The normalized spacial score (nSPS) is 14.5. The molecule has 0 bridgehead atoms. The number of imidazole rings is 1. The van der Waals surface area contributed by atoms with Crippen LogP contribution in [-0.4, -0.2) is 20.6 Å². The zero-order valence-corrected chi connectivity index (χ0v) is 7.58. The van der Waals surface area contributed by atoms with Crippen LogP contribution >= 0.6 is 0 Å². The van der Waals surface area contributed by atoms with Gasteiger partial charge < -0.3 is 9.67 Å². The SMILES string of the molecule is CCc1nc(C(=O)O)c2n1CCC2. The molecule has 1 N–H and O–H groups in total. The van der Waals surface area contributed by atoms with Crippen molar-refractivity contribution in [3.63, 3.8) is 0 Å². The predicted octanol–water partition coefficient (Wildman–Crippen LogP) is 1.09. The van der Waals surface area contributed by atoms with Crippen LogP contribution in [0.25, 0.3) is 0 Å². The van der Waals surface area contributed by atoms with E-state index in [0.717, 1.165) is 37.3 Å². The molecule has 0 aliphatic carbocycles. The molecule has 2 rings (SSSR count). The van der Waals surface area contributed by atoms with Gasteiger partial charge in [-0.15, -0.1) is 0 Å². The molecule has 0 aromatic carbocycles. The maximum absolute atomic E-state index is 10.8. The highest BCUT2D eigenvalue weighted by Crippen LogP contribution is 2.21. The summed E-state index contributed by atoms with van der Waals surface area (Å²) in [5, 5.41) is 8.88. The van der Waals surface area contributed by atoms with Gasteiger partial charge >= 0.3 is 5.97 Å². The minimum absolute atomic E-state index is 0.259. The van der Waals surface area contributed by atoms with E-state index in [1.807, 2.05) is 11.5 Å². The lowest BCUT2D eigenvalue weighted by atomic mass is 10.2. The van der Waals surface area contributed by atoms with Crippen molar-refractivity contribution in [3.05, 3.63) is 17.2 Å². The zero-order valence-electron chi connectivity index (χ0n) is 7.58. The molecule has 4 heteroatoms. The second-order valence-electron chi connectivity index (χ2n) is 3.24. The van der Waals surface area contributed by atoms with Crippen molar-refractivity contribution >= 4 is 5.97 Å². The Hall–Kier alpha value is -1.32. The highest BCUT2D eigenvalue weighted by molar-refractivity contribution is 5.87. The molecular weight excluding hydrogens is 168 g/mol. The van der Waals surface area contributed by atoms with Gasteiger partial charge in [0.05, 0.1) is 5.69 Å². The quantitative estimate of drug-likeness (QED) is 0.741. The number of carboxylic acids is 1. The average molecular weight is 180 g/mol. The number of carboxylic acid groups (broad SMARTS) is 1. The smallest absolute Gasteiger partial charge is 0.356 e. The standard InChI is InChI=1S/C9H12N2O2/c1-2-7-10-8(9(12)13)6-4-3-5-11(6)7/h2-5H2,1H3,(H,12,13). The number of rotatable bonds is 2. The molecule has 0 radical (unpaired) electrons. The van der Waals surface area contributed by atoms with Crippen molar-refractivity contribution in [2.45, 2.75) is 32.7 Å². The van der Waals surface area contributed by atoms with Crippen LogP contribution < -0.4 is 0 Å². The molecule has 0 saturated carbocycles. The van der Waals surface area contributed by atoms with Crippen LogP contribution in [0, 0.1) is 0 Å². The third-order valence-electron chi connectivity index (χ3n) is 2.47. The summed E-state index contributed by atoms with van der Waals surface area (Å²) in [6.45, 7) is 2.93. The molecule has 0 amide bonds. The second kappa shape index (κ2) is 2.87. The van der Waals surface area contributed by atoms with Crippen LogP contribution in [0.2, 0.25) is 0 Å². The first-order chi connectivity index (χ1) is 6.24. The summed E-state index contributed by atoms with van der Waals surface area (Å²) in [5.74, 6) is 0.00949. The van der Waals surface area contributed by atoms with Gasteiger partial charge in [0, 0.05) is 13.0 Å². The van der Waals surface area contributed by atoms with Gasteiger partial charge in [0.2, 0.25) is 0 Å². The molecule has 2 heterocycles. The van der Waals surface area contributed by atoms with Gasteiger partial charge in [-0.1, -0.05) is 6.92 Å². The predicted molar refractivity (Wildman–Crippen MR) is 46.9 cm³/mol. The number of carbonyl (C=O) groups is 1. The van der Waals surface area contributed by atoms with E-state index in [2.05, 4.69) is 4.98 Å². The third-order valence-corrected chi connectivity index (χ3v) is 2.47. The maximum Gasteiger partial charge on any atom is 0.356 e. The maximum atomic E-state index is 10.8. The lowest BCUT2D eigenvalue weighted by Crippen LogP contribution is -2.00. The number of aromatic nitrogens is 2. The molecular formula is C9H12N2O2. The van der Waals surface area contributed by atoms with Crippen LogP contribution in [0.4, 0.5) is 0 Å². The highest BCUT2D eigenvalue weighted by Gasteiger charge is 2.23. The lowest BCUT2D eigenvalue weighted by Gasteiger charge is -1.98. The average Bonchev–Trinajstić information content (AvgIpc) is 2.61. The van der Waals surface area contributed by atoms with E-state index in [4.69, 9.17) is 5.11 Å². The van der Waals surface area contributed by atoms with Gasteiger partial charge in [0.15, 0.2) is 5.69 Å². The van der Waals surface area contributed by atoms with Crippen LogP contribution in [0.15, 0.2) is 0 Å². The van der Waals surface area contributed by atoms with E-state index in [1.165, 1.54) is 0 Å². The molecule has 0 fully saturated rings. The Kier molecular flexibility index (Phi) is 1.83. The van der Waals surface area contributed by atoms with Gasteiger partial charge in [-0.05, 0) is 12.8 Å². The Balaban J connectivity index is 2.54. The summed E-state index contributed by atoms with van der Waals surface area (Å²) in [5.41, 5.74) is 1.17. The molecule has 0 spiro atoms.